The van der Waals surface area contributed by atoms with E-state index in [9.17, 15) is 4.39 Å². The molecule has 2 atom stereocenters. The Balaban J connectivity index is 2.14. The van der Waals surface area contributed by atoms with Gasteiger partial charge in [0.1, 0.15) is 11.9 Å². The van der Waals surface area contributed by atoms with Crippen LogP contribution in [-0.2, 0) is 20.9 Å². The minimum Gasteiger partial charge on any atom is -0.321 e. The van der Waals surface area contributed by atoms with Gasteiger partial charge < -0.3 is 9.05 Å². The molecule has 1 heterocycles. The highest BCUT2D eigenvalue weighted by molar-refractivity contribution is 8.09. The molecular formula is C9H11FNO2PS. The Kier molecular flexibility index (Phi) is 3.19. The second kappa shape index (κ2) is 4.28. The standard InChI is InChI=1S/C9H11FNO2PS/c1-12-14(15)11-6-9(13-14)7-2-4-8(10)5-3-7/h2-5,9H,6H2,1H3,(H,11,15). The van der Waals surface area contributed by atoms with Gasteiger partial charge in [-0.05, 0) is 29.5 Å². The number of rotatable bonds is 2. The van der Waals surface area contributed by atoms with Gasteiger partial charge in [0.25, 0.3) is 6.64 Å². The van der Waals surface area contributed by atoms with E-state index < -0.39 is 6.64 Å². The normalized spacial score (nSPS) is 30.7. The van der Waals surface area contributed by atoms with Gasteiger partial charge in [-0.1, -0.05) is 12.1 Å². The van der Waals surface area contributed by atoms with Crippen LogP contribution in [0.3, 0.4) is 0 Å². The fourth-order valence-corrected chi connectivity index (χ4v) is 3.15. The predicted octanol–water partition coefficient (Wildman–Crippen LogP) is 2.36. The minimum atomic E-state index is -2.29. The van der Waals surface area contributed by atoms with Crippen LogP contribution in [0.25, 0.3) is 0 Å². The van der Waals surface area contributed by atoms with Crippen LogP contribution in [0, 0.1) is 5.82 Å². The summed E-state index contributed by atoms with van der Waals surface area (Å²) in [5.41, 5.74) is 0.910. The van der Waals surface area contributed by atoms with Gasteiger partial charge in [0.15, 0.2) is 0 Å². The summed E-state index contributed by atoms with van der Waals surface area (Å²) in [7, 11) is 1.53. The molecular weight excluding hydrogens is 236 g/mol. The summed E-state index contributed by atoms with van der Waals surface area (Å²) in [6.45, 7) is -1.69. The van der Waals surface area contributed by atoms with Crippen molar-refractivity contribution >= 4 is 18.4 Å². The van der Waals surface area contributed by atoms with E-state index in [4.69, 9.17) is 20.9 Å². The van der Waals surface area contributed by atoms with Crippen LogP contribution in [0.5, 0.6) is 0 Å². The molecule has 0 aromatic heterocycles. The van der Waals surface area contributed by atoms with Gasteiger partial charge in [0.2, 0.25) is 0 Å². The van der Waals surface area contributed by atoms with Gasteiger partial charge in [-0.25, -0.2) is 9.48 Å². The summed E-state index contributed by atoms with van der Waals surface area (Å²) in [5, 5.41) is 3.03. The van der Waals surface area contributed by atoms with E-state index >= 15 is 0 Å². The van der Waals surface area contributed by atoms with E-state index in [1.54, 1.807) is 12.1 Å². The molecule has 1 aliphatic heterocycles. The number of benzene rings is 1. The molecule has 1 aromatic carbocycles. The van der Waals surface area contributed by atoms with Crippen LogP contribution in [0.4, 0.5) is 4.39 Å². The van der Waals surface area contributed by atoms with Crippen molar-refractivity contribution in [1.82, 2.24) is 5.09 Å². The van der Waals surface area contributed by atoms with Gasteiger partial charge in [-0.15, -0.1) is 0 Å². The zero-order chi connectivity index (χ0) is 10.9. The lowest BCUT2D eigenvalue weighted by molar-refractivity contribution is 0.233. The molecule has 2 rings (SSSR count). The van der Waals surface area contributed by atoms with Crippen molar-refractivity contribution in [2.24, 2.45) is 0 Å². The van der Waals surface area contributed by atoms with Crippen molar-refractivity contribution in [3.05, 3.63) is 35.6 Å². The summed E-state index contributed by atoms with van der Waals surface area (Å²) in [4.78, 5) is 0. The maximum Gasteiger partial charge on any atom is 0.261 e. The third-order valence-corrected chi connectivity index (χ3v) is 4.89. The molecule has 6 heteroatoms. The minimum absolute atomic E-state index is 0.142. The average molecular weight is 247 g/mol. The SMILES string of the molecule is COP1(=S)NCC(c2ccc(F)cc2)O1. The third-order valence-electron chi connectivity index (χ3n) is 2.22. The smallest absolute Gasteiger partial charge is 0.261 e. The van der Waals surface area contributed by atoms with E-state index in [1.165, 1.54) is 19.2 Å². The highest BCUT2D eigenvalue weighted by atomic mass is 32.5. The molecule has 0 radical (unpaired) electrons. The van der Waals surface area contributed by atoms with Crippen LogP contribution < -0.4 is 5.09 Å². The molecule has 2 unspecified atom stereocenters. The van der Waals surface area contributed by atoms with Crippen LogP contribution >= 0.6 is 6.64 Å². The number of halogens is 1. The molecule has 1 N–H and O–H groups in total. The Morgan fingerprint density at radius 1 is 1.53 bits per heavy atom. The summed E-state index contributed by atoms with van der Waals surface area (Å²) < 4.78 is 23.4. The maximum absolute atomic E-state index is 12.7. The Bertz CT molecular complexity index is 398. The zero-order valence-electron chi connectivity index (χ0n) is 8.14. The highest BCUT2D eigenvalue weighted by Gasteiger charge is 2.31. The van der Waals surface area contributed by atoms with Gasteiger partial charge >= 0.3 is 0 Å². The van der Waals surface area contributed by atoms with Gasteiger partial charge in [-0.2, -0.15) is 0 Å². The molecule has 1 aliphatic rings. The van der Waals surface area contributed by atoms with Crippen molar-refractivity contribution in [2.45, 2.75) is 6.10 Å². The topological polar surface area (TPSA) is 30.5 Å². The van der Waals surface area contributed by atoms with E-state index in [1.807, 2.05) is 0 Å². The molecule has 0 aliphatic carbocycles. The second-order valence-electron chi connectivity index (χ2n) is 3.19. The van der Waals surface area contributed by atoms with Gasteiger partial charge in [-0.3, -0.25) is 0 Å². The van der Waals surface area contributed by atoms with Crippen LogP contribution in [0.2, 0.25) is 0 Å². The molecule has 0 amide bonds. The number of hydrogen-bond acceptors (Lipinski definition) is 3. The molecule has 0 saturated carbocycles. The fraction of sp³-hybridized carbons (Fsp3) is 0.333. The summed E-state index contributed by atoms with van der Waals surface area (Å²) in [6.07, 6.45) is -0.142. The highest BCUT2D eigenvalue weighted by Crippen LogP contribution is 2.52. The van der Waals surface area contributed by atoms with Crippen LogP contribution in [-0.4, -0.2) is 13.7 Å². The lowest BCUT2D eigenvalue weighted by atomic mass is 10.1. The van der Waals surface area contributed by atoms with Gasteiger partial charge in [0, 0.05) is 13.7 Å². The quantitative estimate of drug-likeness (QED) is 0.813. The first-order chi connectivity index (χ1) is 7.13. The lowest BCUT2D eigenvalue weighted by Gasteiger charge is -2.13. The molecule has 1 fully saturated rings. The predicted molar refractivity (Wildman–Crippen MR) is 59.5 cm³/mol. The average Bonchev–Trinajstić information content (AvgIpc) is 2.63. The second-order valence-corrected chi connectivity index (χ2v) is 6.52. The Hall–Kier alpha value is -0.320. The van der Waals surface area contributed by atoms with Crippen molar-refractivity contribution in [3.8, 4) is 0 Å². The Morgan fingerprint density at radius 3 is 2.73 bits per heavy atom. The third kappa shape index (κ3) is 2.44. The largest absolute Gasteiger partial charge is 0.321 e. The summed E-state index contributed by atoms with van der Waals surface area (Å²) >= 11 is 5.15. The van der Waals surface area contributed by atoms with Crippen LogP contribution in [0.1, 0.15) is 11.7 Å². The van der Waals surface area contributed by atoms with E-state index in [2.05, 4.69) is 5.09 Å². The first-order valence-electron chi connectivity index (χ1n) is 4.48. The first-order valence-corrected chi connectivity index (χ1v) is 7.11. The first kappa shape index (κ1) is 11.2. The van der Waals surface area contributed by atoms with Crippen molar-refractivity contribution in [3.63, 3.8) is 0 Å². The number of hydrogen-bond donors (Lipinski definition) is 1. The van der Waals surface area contributed by atoms with Crippen molar-refractivity contribution in [1.29, 1.82) is 0 Å². The monoisotopic (exact) mass is 247 g/mol. The molecule has 1 saturated heterocycles. The van der Waals surface area contributed by atoms with Crippen molar-refractivity contribution < 1.29 is 13.4 Å². The van der Waals surface area contributed by atoms with E-state index in [0.717, 1.165) is 5.56 Å². The Morgan fingerprint density at radius 2 is 2.20 bits per heavy atom. The van der Waals surface area contributed by atoms with Gasteiger partial charge in [0.05, 0.1) is 0 Å². The zero-order valence-corrected chi connectivity index (χ0v) is 9.85. The van der Waals surface area contributed by atoms with E-state index in [0.29, 0.717) is 6.54 Å². The maximum atomic E-state index is 12.7. The molecule has 3 nitrogen and oxygen atoms in total. The molecule has 15 heavy (non-hydrogen) atoms. The van der Waals surface area contributed by atoms with Crippen LogP contribution in [0.15, 0.2) is 24.3 Å². The number of nitrogens with one attached hydrogen (secondary N) is 1. The fourth-order valence-electron chi connectivity index (χ4n) is 1.40. The van der Waals surface area contributed by atoms with E-state index in [-0.39, 0.29) is 11.9 Å². The molecule has 82 valence electrons. The summed E-state index contributed by atoms with van der Waals surface area (Å²) in [5.74, 6) is -0.254. The lowest BCUT2D eigenvalue weighted by Crippen LogP contribution is -2.06. The molecule has 0 bridgehead atoms. The molecule has 1 aromatic rings. The molecule has 0 spiro atoms. The van der Waals surface area contributed by atoms with Crippen molar-refractivity contribution in [2.75, 3.05) is 13.7 Å². The summed E-state index contributed by atoms with van der Waals surface area (Å²) in [6, 6.07) is 6.21. The Labute approximate surface area is 92.8 Å².